The SMILES string of the molecule is CCOc1ccccc1CN1CC2C[C@@H](O)CN2C[C@@H]1C. The molecule has 21 heavy (non-hydrogen) atoms. The molecule has 1 aromatic rings. The fourth-order valence-electron chi connectivity index (χ4n) is 3.65. The van der Waals surface area contributed by atoms with Crippen LogP contribution in [0.25, 0.3) is 0 Å². The Morgan fingerprint density at radius 1 is 1.24 bits per heavy atom. The fraction of sp³-hybridized carbons (Fsp3) is 0.647. The molecule has 0 spiro atoms. The van der Waals surface area contributed by atoms with Crippen molar-refractivity contribution < 1.29 is 9.84 Å². The van der Waals surface area contributed by atoms with Gasteiger partial charge in [0.05, 0.1) is 12.7 Å². The molecule has 0 amide bonds. The average molecular weight is 290 g/mol. The monoisotopic (exact) mass is 290 g/mol. The van der Waals surface area contributed by atoms with E-state index in [0.717, 1.165) is 38.3 Å². The largest absolute Gasteiger partial charge is 0.494 e. The van der Waals surface area contributed by atoms with Crippen LogP contribution in [0.15, 0.2) is 24.3 Å². The van der Waals surface area contributed by atoms with Crippen molar-refractivity contribution in [2.45, 2.75) is 45.0 Å². The molecule has 0 aliphatic carbocycles. The van der Waals surface area contributed by atoms with Crippen LogP contribution < -0.4 is 4.74 Å². The number of hydrogen-bond acceptors (Lipinski definition) is 4. The maximum atomic E-state index is 9.86. The minimum atomic E-state index is -0.141. The normalized spacial score (nSPS) is 30.3. The van der Waals surface area contributed by atoms with E-state index < -0.39 is 0 Å². The van der Waals surface area contributed by atoms with Gasteiger partial charge in [0.1, 0.15) is 5.75 Å². The molecule has 0 saturated carbocycles. The molecule has 4 nitrogen and oxygen atoms in total. The molecule has 2 aliphatic heterocycles. The summed E-state index contributed by atoms with van der Waals surface area (Å²) < 4.78 is 5.74. The average Bonchev–Trinajstić information content (AvgIpc) is 2.81. The summed E-state index contributed by atoms with van der Waals surface area (Å²) in [5, 5.41) is 9.86. The standard InChI is InChI=1S/C17H26N2O2/c1-3-21-17-7-5-4-6-14(17)10-18-11-15-8-16(20)12-19(15)9-13(18)2/h4-7,13,15-16,20H,3,8-12H2,1-2H3/t13-,15?,16+/m0/s1. The van der Waals surface area contributed by atoms with Gasteiger partial charge in [0, 0.05) is 43.8 Å². The second kappa shape index (κ2) is 6.34. The summed E-state index contributed by atoms with van der Waals surface area (Å²) in [6.45, 7) is 8.88. The first-order chi connectivity index (χ1) is 10.2. The predicted octanol–water partition coefficient (Wildman–Crippen LogP) is 1.72. The Morgan fingerprint density at radius 2 is 2.05 bits per heavy atom. The third-order valence-electron chi connectivity index (χ3n) is 4.72. The van der Waals surface area contributed by atoms with E-state index >= 15 is 0 Å². The Hall–Kier alpha value is -1.10. The topological polar surface area (TPSA) is 35.9 Å². The van der Waals surface area contributed by atoms with Crippen LogP contribution in [0.3, 0.4) is 0 Å². The lowest BCUT2D eigenvalue weighted by Crippen LogP contribution is -2.54. The summed E-state index contributed by atoms with van der Waals surface area (Å²) in [6, 6.07) is 9.35. The van der Waals surface area contributed by atoms with Crippen LogP contribution in [0.5, 0.6) is 5.75 Å². The third kappa shape index (κ3) is 3.23. The van der Waals surface area contributed by atoms with Crippen LogP contribution >= 0.6 is 0 Å². The molecule has 2 heterocycles. The van der Waals surface area contributed by atoms with Crippen LogP contribution in [-0.2, 0) is 6.54 Å². The van der Waals surface area contributed by atoms with Gasteiger partial charge in [-0.05, 0) is 26.3 Å². The highest BCUT2D eigenvalue weighted by Gasteiger charge is 2.38. The van der Waals surface area contributed by atoms with Gasteiger partial charge >= 0.3 is 0 Å². The summed E-state index contributed by atoms with van der Waals surface area (Å²) in [7, 11) is 0. The smallest absolute Gasteiger partial charge is 0.123 e. The van der Waals surface area contributed by atoms with Crippen molar-refractivity contribution in [3.8, 4) is 5.75 Å². The molecule has 1 unspecified atom stereocenters. The van der Waals surface area contributed by atoms with Crippen molar-refractivity contribution in [2.24, 2.45) is 0 Å². The quantitative estimate of drug-likeness (QED) is 0.916. The summed E-state index contributed by atoms with van der Waals surface area (Å²) in [4.78, 5) is 4.97. The van der Waals surface area contributed by atoms with E-state index in [1.807, 2.05) is 13.0 Å². The summed E-state index contributed by atoms with van der Waals surface area (Å²) >= 11 is 0. The number of nitrogens with zero attached hydrogens (tertiary/aromatic N) is 2. The Balaban J connectivity index is 1.70. The number of hydrogen-bond donors (Lipinski definition) is 1. The molecule has 2 saturated heterocycles. The Bertz CT molecular complexity index is 480. The minimum absolute atomic E-state index is 0.141. The second-order valence-corrected chi connectivity index (χ2v) is 6.32. The molecule has 2 fully saturated rings. The van der Waals surface area contributed by atoms with Crippen molar-refractivity contribution in [3.63, 3.8) is 0 Å². The molecule has 2 aliphatic rings. The minimum Gasteiger partial charge on any atom is -0.494 e. The van der Waals surface area contributed by atoms with Crippen molar-refractivity contribution in [1.82, 2.24) is 9.80 Å². The Labute approximate surface area is 127 Å². The summed E-state index contributed by atoms with van der Waals surface area (Å²) in [5.41, 5.74) is 1.26. The zero-order chi connectivity index (χ0) is 14.8. The lowest BCUT2D eigenvalue weighted by molar-refractivity contribution is 0.0522. The van der Waals surface area contributed by atoms with Crippen LogP contribution in [0.1, 0.15) is 25.8 Å². The van der Waals surface area contributed by atoms with E-state index in [4.69, 9.17) is 4.74 Å². The van der Waals surface area contributed by atoms with Gasteiger partial charge in [-0.15, -0.1) is 0 Å². The molecule has 3 atom stereocenters. The number of aliphatic hydroxyl groups excluding tert-OH is 1. The molecule has 4 heteroatoms. The molecule has 3 rings (SSSR count). The van der Waals surface area contributed by atoms with E-state index in [-0.39, 0.29) is 6.10 Å². The van der Waals surface area contributed by atoms with Crippen molar-refractivity contribution in [3.05, 3.63) is 29.8 Å². The third-order valence-corrected chi connectivity index (χ3v) is 4.72. The van der Waals surface area contributed by atoms with E-state index in [1.54, 1.807) is 0 Å². The van der Waals surface area contributed by atoms with Gasteiger partial charge in [-0.25, -0.2) is 0 Å². The van der Waals surface area contributed by atoms with Crippen LogP contribution in [0.2, 0.25) is 0 Å². The van der Waals surface area contributed by atoms with E-state index in [0.29, 0.717) is 18.7 Å². The van der Waals surface area contributed by atoms with Gasteiger partial charge < -0.3 is 9.84 Å². The van der Waals surface area contributed by atoms with E-state index in [1.165, 1.54) is 5.56 Å². The molecule has 1 aromatic carbocycles. The van der Waals surface area contributed by atoms with Gasteiger partial charge in [-0.2, -0.15) is 0 Å². The molecular weight excluding hydrogens is 264 g/mol. The van der Waals surface area contributed by atoms with E-state index in [9.17, 15) is 5.11 Å². The van der Waals surface area contributed by atoms with Crippen LogP contribution in [-0.4, -0.2) is 59.3 Å². The second-order valence-electron chi connectivity index (χ2n) is 6.32. The number of aliphatic hydroxyl groups is 1. The van der Waals surface area contributed by atoms with Crippen LogP contribution in [0.4, 0.5) is 0 Å². The van der Waals surface area contributed by atoms with Crippen LogP contribution in [0, 0.1) is 0 Å². The number of benzene rings is 1. The molecule has 1 N–H and O–H groups in total. The number of ether oxygens (including phenoxy) is 1. The van der Waals surface area contributed by atoms with Crippen molar-refractivity contribution in [1.29, 1.82) is 0 Å². The lowest BCUT2D eigenvalue weighted by atomic mass is 10.1. The Morgan fingerprint density at radius 3 is 2.86 bits per heavy atom. The molecule has 0 bridgehead atoms. The first-order valence-corrected chi connectivity index (χ1v) is 8.04. The van der Waals surface area contributed by atoms with Gasteiger partial charge in [-0.1, -0.05) is 18.2 Å². The van der Waals surface area contributed by atoms with Gasteiger partial charge in [0.2, 0.25) is 0 Å². The maximum absolute atomic E-state index is 9.86. The highest BCUT2D eigenvalue weighted by molar-refractivity contribution is 5.33. The fourth-order valence-corrected chi connectivity index (χ4v) is 3.65. The maximum Gasteiger partial charge on any atom is 0.123 e. The highest BCUT2D eigenvalue weighted by Crippen LogP contribution is 2.28. The number of para-hydroxylation sites is 1. The van der Waals surface area contributed by atoms with Gasteiger partial charge in [-0.3, -0.25) is 9.80 Å². The van der Waals surface area contributed by atoms with Crippen molar-refractivity contribution >= 4 is 0 Å². The highest BCUT2D eigenvalue weighted by atomic mass is 16.5. The van der Waals surface area contributed by atoms with E-state index in [2.05, 4.69) is 34.9 Å². The first-order valence-electron chi connectivity index (χ1n) is 8.04. The zero-order valence-electron chi connectivity index (χ0n) is 13.0. The number of fused-ring (bicyclic) bond motifs is 1. The van der Waals surface area contributed by atoms with Gasteiger partial charge in [0.25, 0.3) is 0 Å². The zero-order valence-corrected chi connectivity index (χ0v) is 13.0. The van der Waals surface area contributed by atoms with Crippen molar-refractivity contribution in [2.75, 3.05) is 26.2 Å². The summed E-state index contributed by atoms with van der Waals surface area (Å²) in [5.74, 6) is 1.00. The van der Waals surface area contributed by atoms with Gasteiger partial charge in [0.15, 0.2) is 0 Å². The molecule has 116 valence electrons. The molecule has 0 aromatic heterocycles. The number of rotatable bonds is 4. The predicted molar refractivity (Wildman–Crippen MR) is 83.5 cm³/mol. The number of piperazine rings is 1. The summed E-state index contributed by atoms with van der Waals surface area (Å²) in [6.07, 6.45) is 0.772. The Kier molecular flexibility index (Phi) is 4.48. The molecular formula is C17H26N2O2. The lowest BCUT2D eigenvalue weighted by Gasteiger charge is -2.42. The first kappa shape index (κ1) is 14.8. The molecule has 0 radical (unpaired) electrons.